The monoisotopic (exact) mass is 239 g/mol. The van der Waals surface area contributed by atoms with Gasteiger partial charge in [0.05, 0.1) is 6.10 Å². The first-order valence-corrected chi connectivity index (χ1v) is 5.80. The van der Waals surface area contributed by atoms with Crippen LogP contribution >= 0.6 is 0 Å². The maximum absolute atomic E-state index is 11.6. The van der Waals surface area contributed by atoms with Crippen molar-refractivity contribution >= 4 is 11.9 Å². The van der Waals surface area contributed by atoms with Crippen LogP contribution in [0, 0.1) is 0 Å². The SMILES string of the molecule is CC(=O)O[C@H]1C=C[C@@H](O)C12CCCN2C(C)=O. The fourth-order valence-corrected chi connectivity index (χ4v) is 2.95. The van der Waals surface area contributed by atoms with Gasteiger partial charge in [-0.2, -0.15) is 0 Å². The summed E-state index contributed by atoms with van der Waals surface area (Å²) in [6.07, 6.45) is 3.44. The number of amides is 1. The van der Waals surface area contributed by atoms with Crippen molar-refractivity contribution in [3.05, 3.63) is 12.2 Å². The van der Waals surface area contributed by atoms with Gasteiger partial charge in [0.2, 0.25) is 5.91 Å². The average Bonchev–Trinajstić information content (AvgIpc) is 2.78. The molecule has 5 nitrogen and oxygen atoms in total. The second kappa shape index (κ2) is 4.14. The van der Waals surface area contributed by atoms with Crippen molar-refractivity contribution in [2.75, 3.05) is 6.54 Å². The van der Waals surface area contributed by atoms with Crippen molar-refractivity contribution in [3.8, 4) is 0 Å². The second-order valence-corrected chi connectivity index (χ2v) is 4.63. The lowest BCUT2D eigenvalue weighted by atomic mass is 9.88. The average molecular weight is 239 g/mol. The highest BCUT2D eigenvalue weighted by Crippen LogP contribution is 2.41. The molecule has 94 valence electrons. The van der Waals surface area contributed by atoms with Crippen LogP contribution in [0.1, 0.15) is 26.7 Å². The smallest absolute Gasteiger partial charge is 0.303 e. The standard InChI is InChI=1S/C12H17NO4/c1-8(14)13-7-3-6-12(13)10(16)4-5-11(12)17-9(2)15/h4-5,10-11,16H,3,6-7H2,1-2H3/t10-,11+,12?/m1/s1. The van der Waals surface area contributed by atoms with E-state index in [-0.39, 0.29) is 5.91 Å². The van der Waals surface area contributed by atoms with Gasteiger partial charge in [-0.3, -0.25) is 9.59 Å². The summed E-state index contributed by atoms with van der Waals surface area (Å²) in [5.74, 6) is -0.495. The molecule has 0 aromatic carbocycles. The van der Waals surface area contributed by atoms with Gasteiger partial charge < -0.3 is 14.7 Å². The molecule has 1 saturated heterocycles. The van der Waals surface area contributed by atoms with Crippen LogP contribution in [0.15, 0.2) is 12.2 Å². The van der Waals surface area contributed by atoms with Crippen molar-refractivity contribution in [3.63, 3.8) is 0 Å². The molecule has 2 aliphatic rings. The molecule has 0 saturated carbocycles. The highest BCUT2D eigenvalue weighted by molar-refractivity contribution is 5.75. The number of nitrogens with zero attached hydrogens (tertiary/aromatic N) is 1. The number of carbonyl (C=O) groups is 2. The normalized spacial score (nSPS) is 35.6. The van der Waals surface area contributed by atoms with Crippen LogP contribution in [0.3, 0.4) is 0 Å². The largest absolute Gasteiger partial charge is 0.456 e. The minimum absolute atomic E-state index is 0.0950. The lowest BCUT2D eigenvalue weighted by molar-refractivity contribution is -0.158. The van der Waals surface area contributed by atoms with Gasteiger partial charge in [-0.25, -0.2) is 0 Å². The second-order valence-electron chi connectivity index (χ2n) is 4.63. The molecule has 0 bridgehead atoms. The Morgan fingerprint density at radius 1 is 1.41 bits per heavy atom. The molecule has 1 heterocycles. The Morgan fingerprint density at radius 3 is 2.71 bits per heavy atom. The Kier molecular flexibility index (Phi) is 2.95. The summed E-state index contributed by atoms with van der Waals surface area (Å²) < 4.78 is 5.22. The lowest BCUT2D eigenvalue weighted by Gasteiger charge is -2.41. The zero-order chi connectivity index (χ0) is 12.6. The van der Waals surface area contributed by atoms with Crippen LogP contribution in [0.4, 0.5) is 0 Å². The van der Waals surface area contributed by atoms with Crippen molar-refractivity contribution in [1.82, 2.24) is 4.90 Å². The van der Waals surface area contributed by atoms with E-state index in [1.807, 2.05) is 0 Å². The quantitative estimate of drug-likeness (QED) is 0.525. The van der Waals surface area contributed by atoms with Gasteiger partial charge in [0.1, 0.15) is 11.6 Å². The predicted octanol–water partition coefficient (Wildman–Crippen LogP) is 0.230. The minimum Gasteiger partial charge on any atom is -0.456 e. The van der Waals surface area contributed by atoms with Crippen molar-refractivity contribution in [1.29, 1.82) is 0 Å². The van der Waals surface area contributed by atoms with Crippen molar-refractivity contribution in [2.45, 2.75) is 44.4 Å². The number of aliphatic hydroxyl groups is 1. The lowest BCUT2D eigenvalue weighted by Crippen LogP contribution is -2.59. The summed E-state index contributed by atoms with van der Waals surface area (Å²) in [5.41, 5.74) is -0.780. The summed E-state index contributed by atoms with van der Waals surface area (Å²) in [6, 6.07) is 0. The molecule has 1 amide bonds. The topological polar surface area (TPSA) is 66.8 Å². The molecule has 1 N–H and O–H groups in total. The molecule has 0 radical (unpaired) electrons. The number of likely N-dealkylation sites (tertiary alicyclic amines) is 1. The molecular weight excluding hydrogens is 222 g/mol. The maximum Gasteiger partial charge on any atom is 0.303 e. The first-order chi connectivity index (χ1) is 7.98. The van der Waals surface area contributed by atoms with Crippen molar-refractivity contribution in [2.24, 2.45) is 0 Å². The molecule has 1 aliphatic heterocycles. The van der Waals surface area contributed by atoms with Crippen LogP contribution in [-0.2, 0) is 14.3 Å². The number of aliphatic hydroxyl groups excluding tert-OH is 1. The molecule has 1 unspecified atom stereocenters. The van der Waals surface area contributed by atoms with Gasteiger partial charge in [-0.1, -0.05) is 6.08 Å². The van der Waals surface area contributed by atoms with Crippen LogP contribution < -0.4 is 0 Å². The summed E-state index contributed by atoms with van der Waals surface area (Å²) >= 11 is 0. The summed E-state index contributed by atoms with van der Waals surface area (Å²) in [4.78, 5) is 24.3. The molecule has 5 heteroatoms. The van der Waals surface area contributed by atoms with Crippen molar-refractivity contribution < 1.29 is 19.4 Å². The Balaban J connectivity index is 2.31. The highest BCUT2D eigenvalue weighted by atomic mass is 16.5. The third-order valence-electron chi connectivity index (χ3n) is 3.61. The first-order valence-electron chi connectivity index (χ1n) is 5.80. The van der Waals surface area contributed by atoms with Crippen LogP contribution in [0.2, 0.25) is 0 Å². The Hall–Kier alpha value is -1.36. The molecule has 0 aromatic rings. The first kappa shape index (κ1) is 12.1. The minimum atomic E-state index is -0.780. The number of rotatable bonds is 1. The maximum atomic E-state index is 11.6. The number of hydrogen-bond donors (Lipinski definition) is 1. The number of esters is 1. The molecule has 1 fully saturated rings. The van der Waals surface area contributed by atoms with E-state index in [4.69, 9.17) is 4.74 Å². The third kappa shape index (κ3) is 1.74. The zero-order valence-corrected chi connectivity index (χ0v) is 10.0. The van der Waals surface area contributed by atoms with Crippen LogP contribution in [0.5, 0.6) is 0 Å². The third-order valence-corrected chi connectivity index (χ3v) is 3.61. The van der Waals surface area contributed by atoms with Gasteiger partial charge in [0.15, 0.2) is 0 Å². The molecule has 3 atom stereocenters. The number of carbonyl (C=O) groups excluding carboxylic acids is 2. The van der Waals surface area contributed by atoms with E-state index in [1.165, 1.54) is 13.8 Å². The van der Waals surface area contributed by atoms with Crippen LogP contribution in [0.25, 0.3) is 0 Å². The van der Waals surface area contributed by atoms with Gasteiger partial charge in [0, 0.05) is 20.4 Å². The summed E-state index contributed by atoms with van der Waals surface area (Å²) in [7, 11) is 0. The van der Waals surface area contributed by atoms with E-state index in [1.54, 1.807) is 17.1 Å². The summed E-state index contributed by atoms with van der Waals surface area (Å²) in [6.45, 7) is 3.41. The van der Waals surface area contributed by atoms with E-state index in [2.05, 4.69) is 0 Å². The number of hydrogen-bond acceptors (Lipinski definition) is 4. The van der Waals surface area contributed by atoms with E-state index in [9.17, 15) is 14.7 Å². The van der Waals surface area contributed by atoms with E-state index < -0.39 is 23.7 Å². The van der Waals surface area contributed by atoms with Crippen LogP contribution in [-0.4, -0.2) is 46.2 Å². The zero-order valence-electron chi connectivity index (χ0n) is 10.0. The van der Waals surface area contributed by atoms with E-state index in [0.717, 1.165) is 6.42 Å². The molecular formula is C12H17NO4. The predicted molar refractivity (Wildman–Crippen MR) is 60.1 cm³/mol. The molecule has 17 heavy (non-hydrogen) atoms. The number of ether oxygens (including phenoxy) is 1. The summed E-state index contributed by atoms with van der Waals surface area (Å²) in [5, 5.41) is 10.1. The molecule has 1 spiro atoms. The molecule has 0 aromatic heterocycles. The fraction of sp³-hybridized carbons (Fsp3) is 0.667. The Bertz CT molecular complexity index is 379. The highest BCUT2D eigenvalue weighted by Gasteiger charge is 2.56. The fourth-order valence-electron chi connectivity index (χ4n) is 2.95. The van der Waals surface area contributed by atoms with Gasteiger partial charge >= 0.3 is 5.97 Å². The van der Waals surface area contributed by atoms with E-state index in [0.29, 0.717) is 13.0 Å². The van der Waals surface area contributed by atoms with Gasteiger partial charge in [-0.05, 0) is 18.9 Å². The Morgan fingerprint density at radius 2 is 2.12 bits per heavy atom. The van der Waals surface area contributed by atoms with Gasteiger partial charge in [0.25, 0.3) is 0 Å². The molecule has 1 aliphatic carbocycles. The Labute approximate surface area is 100 Å². The van der Waals surface area contributed by atoms with E-state index >= 15 is 0 Å². The van der Waals surface area contributed by atoms with Gasteiger partial charge in [-0.15, -0.1) is 0 Å². The molecule has 2 rings (SSSR count).